The SMILES string of the molecule is CC(O)C(C)(C)CC(C)(C)O. The molecule has 0 saturated carbocycles. The van der Waals surface area contributed by atoms with Crippen LogP contribution >= 0.6 is 0 Å². The maximum atomic E-state index is 9.49. The molecule has 0 radical (unpaired) electrons. The summed E-state index contributed by atoms with van der Waals surface area (Å²) in [5, 5.41) is 18.8. The van der Waals surface area contributed by atoms with E-state index in [0.717, 1.165) is 0 Å². The predicted octanol–water partition coefficient (Wildman–Crippen LogP) is 1.55. The van der Waals surface area contributed by atoms with Crippen molar-refractivity contribution < 1.29 is 10.2 Å². The molecule has 0 heterocycles. The van der Waals surface area contributed by atoms with Crippen LogP contribution in [-0.4, -0.2) is 21.9 Å². The first-order chi connectivity index (χ1) is 4.65. The summed E-state index contributed by atoms with van der Waals surface area (Å²) in [5.41, 5.74) is -0.904. The van der Waals surface area contributed by atoms with Crippen LogP contribution in [0.25, 0.3) is 0 Å². The second kappa shape index (κ2) is 3.11. The van der Waals surface area contributed by atoms with Crippen molar-refractivity contribution in [3.63, 3.8) is 0 Å². The van der Waals surface area contributed by atoms with Gasteiger partial charge in [-0.25, -0.2) is 0 Å². The van der Waals surface area contributed by atoms with Crippen LogP contribution in [0.2, 0.25) is 0 Å². The highest BCUT2D eigenvalue weighted by Crippen LogP contribution is 2.30. The highest BCUT2D eigenvalue weighted by Gasteiger charge is 2.30. The Morgan fingerprint density at radius 3 is 1.64 bits per heavy atom. The van der Waals surface area contributed by atoms with E-state index in [1.54, 1.807) is 20.8 Å². The third-order valence-corrected chi connectivity index (χ3v) is 2.02. The van der Waals surface area contributed by atoms with Gasteiger partial charge in [0.15, 0.2) is 0 Å². The molecule has 0 amide bonds. The summed E-state index contributed by atoms with van der Waals surface area (Å²) in [6.45, 7) is 9.19. The van der Waals surface area contributed by atoms with Gasteiger partial charge in [0.1, 0.15) is 0 Å². The molecule has 0 spiro atoms. The smallest absolute Gasteiger partial charge is 0.0597 e. The first kappa shape index (κ1) is 10.9. The fourth-order valence-electron chi connectivity index (χ4n) is 1.26. The third-order valence-electron chi connectivity index (χ3n) is 2.02. The molecule has 0 saturated heterocycles. The maximum absolute atomic E-state index is 9.49. The average molecular weight is 160 g/mol. The predicted molar refractivity (Wildman–Crippen MR) is 46.4 cm³/mol. The normalized spacial score (nSPS) is 16.6. The number of hydrogen-bond acceptors (Lipinski definition) is 2. The Hall–Kier alpha value is -0.0800. The van der Waals surface area contributed by atoms with Gasteiger partial charge in [0, 0.05) is 0 Å². The molecule has 11 heavy (non-hydrogen) atoms. The molecule has 0 rings (SSSR count). The van der Waals surface area contributed by atoms with Crippen LogP contribution in [0, 0.1) is 5.41 Å². The Labute approximate surface area is 69.2 Å². The van der Waals surface area contributed by atoms with Crippen LogP contribution in [0.4, 0.5) is 0 Å². The van der Waals surface area contributed by atoms with E-state index >= 15 is 0 Å². The van der Waals surface area contributed by atoms with Gasteiger partial charge in [-0.1, -0.05) is 13.8 Å². The number of rotatable bonds is 3. The summed E-state index contributed by atoms with van der Waals surface area (Å²) >= 11 is 0. The highest BCUT2D eigenvalue weighted by atomic mass is 16.3. The molecule has 1 unspecified atom stereocenters. The molecule has 2 nitrogen and oxygen atoms in total. The molecule has 0 aliphatic rings. The van der Waals surface area contributed by atoms with E-state index in [1.165, 1.54) is 0 Å². The van der Waals surface area contributed by atoms with Crippen molar-refractivity contribution in [1.29, 1.82) is 0 Å². The molecule has 1 atom stereocenters. The molecule has 68 valence electrons. The van der Waals surface area contributed by atoms with Crippen LogP contribution in [0.15, 0.2) is 0 Å². The van der Waals surface area contributed by atoms with Crippen molar-refractivity contribution >= 4 is 0 Å². The Kier molecular flexibility index (Phi) is 3.09. The number of hydrogen-bond donors (Lipinski definition) is 2. The lowest BCUT2D eigenvalue weighted by Gasteiger charge is -2.33. The largest absolute Gasteiger partial charge is 0.393 e. The molecule has 0 aliphatic carbocycles. The van der Waals surface area contributed by atoms with Gasteiger partial charge in [0.2, 0.25) is 0 Å². The minimum absolute atomic E-state index is 0.210. The zero-order chi connectivity index (χ0) is 9.28. The van der Waals surface area contributed by atoms with Crippen LogP contribution in [0.5, 0.6) is 0 Å². The van der Waals surface area contributed by atoms with Gasteiger partial charge in [-0.15, -0.1) is 0 Å². The van der Waals surface area contributed by atoms with Crippen LogP contribution < -0.4 is 0 Å². The van der Waals surface area contributed by atoms with Gasteiger partial charge >= 0.3 is 0 Å². The Balaban J connectivity index is 4.13. The van der Waals surface area contributed by atoms with Gasteiger partial charge in [-0.05, 0) is 32.6 Å². The molecule has 0 aromatic rings. The fraction of sp³-hybridized carbons (Fsp3) is 1.00. The Bertz CT molecular complexity index is 120. The van der Waals surface area contributed by atoms with E-state index in [9.17, 15) is 10.2 Å². The summed E-state index contributed by atoms with van der Waals surface area (Å²) < 4.78 is 0. The molecule has 0 aromatic heterocycles. The van der Waals surface area contributed by atoms with E-state index in [2.05, 4.69) is 0 Å². The van der Waals surface area contributed by atoms with Gasteiger partial charge in [-0.3, -0.25) is 0 Å². The van der Waals surface area contributed by atoms with E-state index in [-0.39, 0.29) is 11.5 Å². The molecule has 0 aromatic carbocycles. The minimum atomic E-state index is -0.694. The topological polar surface area (TPSA) is 40.5 Å². The Morgan fingerprint density at radius 1 is 1.18 bits per heavy atom. The minimum Gasteiger partial charge on any atom is -0.393 e. The van der Waals surface area contributed by atoms with Crippen molar-refractivity contribution in [2.45, 2.75) is 52.7 Å². The number of aliphatic hydroxyl groups is 2. The van der Waals surface area contributed by atoms with E-state index < -0.39 is 5.60 Å². The van der Waals surface area contributed by atoms with Crippen LogP contribution in [-0.2, 0) is 0 Å². The van der Waals surface area contributed by atoms with E-state index in [0.29, 0.717) is 6.42 Å². The first-order valence-corrected chi connectivity index (χ1v) is 4.05. The maximum Gasteiger partial charge on any atom is 0.0597 e. The van der Waals surface area contributed by atoms with Crippen molar-refractivity contribution in [2.24, 2.45) is 5.41 Å². The summed E-state index contributed by atoms with van der Waals surface area (Å²) in [7, 11) is 0. The zero-order valence-electron chi connectivity index (χ0n) is 8.18. The van der Waals surface area contributed by atoms with Crippen molar-refractivity contribution in [3.8, 4) is 0 Å². The molecular formula is C9H20O2. The van der Waals surface area contributed by atoms with Crippen LogP contribution in [0.3, 0.4) is 0 Å². The standard InChI is InChI=1S/C9H20O2/c1-7(10)8(2,3)6-9(4,5)11/h7,10-11H,6H2,1-5H3. The monoisotopic (exact) mass is 160 g/mol. The fourth-order valence-corrected chi connectivity index (χ4v) is 1.26. The van der Waals surface area contributed by atoms with Crippen LogP contribution in [0.1, 0.15) is 41.0 Å². The van der Waals surface area contributed by atoms with Gasteiger partial charge in [0.05, 0.1) is 11.7 Å². The summed E-state index contributed by atoms with van der Waals surface area (Å²) in [5.74, 6) is 0. The first-order valence-electron chi connectivity index (χ1n) is 4.05. The average Bonchev–Trinajstić information content (AvgIpc) is 1.56. The molecular weight excluding hydrogens is 140 g/mol. The van der Waals surface area contributed by atoms with E-state index in [1.807, 2.05) is 13.8 Å². The summed E-state index contributed by atoms with van der Waals surface area (Å²) in [6.07, 6.45) is 0.228. The lowest BCUT2D eigenvalue weighted by molar-refractivity contribution is -0.0200. The molecule has 2 heteroatoms. The van der Waals surface area contributed by atoms with Crippen molar-refractivity contribution in [2.75, 3.05) is 0 Å². The van der Waals surface area contributed by atoms with E-state index in [4.69, 9.17) is 0 Å². The van der Waals surface area contributed by atoms with Crippen molar-refractivity contribution in [3.05, 3.63) is 0 Å². The van der Waals surface area contributed by atoms with Gasteiger partial charge in [-0.2, -0.15) is 0 Å². The number of aliphatic hydroxyl groups excluding tert-OH is 1. The molecule has 0 aliphatic heterocycles. The molecule has 0 fully saturated rings. The summed E-state index contributed by atoms with van der Waals surface area (Å²) in [4.78, 5) is 0. The van der Waals surface area contributed by atoms with Crippen molar-refractivity contribution in [1.82, 2.24) is 0 Å². The summed E-state index contributed by atoms with van der Waals surface area (Å²) in [6, 6.07) is 0. The Morgan fingerprint density at radius 2 is 1.55 bits per heavy atom. The second-order valence-corrected chi connectivity index (χ2v) is 4.65. The quantitative estimate of drug-likeness (QED) is 0.657. The van der Waals surface area contributed by atoms with Gasteiger partial charge < -0.3 is 10.2 Å². The lowest BCUT2D eigenvalue weighted by atomic mass is 9.78. The second-order valence-electron chi connectivity index (χ2n) is 4.65. The third kappa shape index (κ3) is 4.38. The molecule has 2 N–H and O–H groups in total. The van der Waals surface area contributed by atoms with Gasteiger partial charge in [0.25, 0.3) is 0 Å². The zero-order valence-corrected chi connectivity index (χ0v) is 8.18. The highest BCUT2D eigenvalue weighted by molar-refractivity contribution is 4.81. The molecule has 0 bridgehead atoms. The lowest BCUT2D eigenvalue weighted by Crippen LogP contribution is -2.35.